The van der Waals surface area contributed by atoms with E-state index in [9.17, 15) is 14.7 Å². The Labute approximate surface area is 112 Å². The number of carbonyl (C=O) groups is 2. The molecule has 0 aliphatic carbocycles. The van der Waals surface area contributed by atoms with Crippen molar-refractivity contribution >= 4 is 12.0 Å². The molecule has 1 rings (SSSR count). The molecular weight excluding hydrogens is 252 g/mol. The highest BCUT2D eigenvalue weighted by Gasteiger charge is 2.31. The maximum absolute atomic E-state index is 11.8. The van der Waals surface area contributed by atoms with Crippen LogP contribution in [-0.2, 0) is 9.53 Å². The number of hydrogen-bond acceptors (Lipinski definition) is 4. The second-order valence-electron chi connectivity index (χ2n) is 4.88. The van der Waals surface area contributed by atoms with E-state index in [4.69, 9.17) is 9.84 Å². The maximum Gasteiger partial charge on any atom is 0.337 e. The molecule has 0 aromatic heterocycles. The van der Waals surface area contributed by atoms with E-state index in [-0.39, 0.29) is 18.7 Å². The number of hydrogen-bond donors (Lipinski definition) is 3. The van der Waals surface area contributed by atoms with E-state index in [0.29, 0.717) is 19.7 Å². The zero-order valence-corrected chi connectivity index (χ0v) is 11.4. The molecule has 1 atom stereocenters. The largest absolute Gasteiger partial charge is 0.479 e. The number of carbonyl (C=O) groups excluding carboxylic acids is 1. The number of nitrogens with one attached hydrogen (secondary N) is 1. The molecule has 110 valence electrons. The Morgan fingerprint density at radius 2 is 2.00 bits per heavy atom. The van der Waals surface area contributed by atoms with Crippen molar-refractivity contribution in [3.8, 4) is 0 Å². The number of carboxylic acid groups (broad SMARTS) is 1. The fourth-order valence-electron chi connectivity index (χ4n) is 1.90. The van der Waals surface area contributed by atoms with E-state index in [2.05, 4.69) is 5.32 Å². The van der Waals surface area contributed by atoms with Gasteiger partial charge in [0.1, 0.15) is 0 Å². The van der Waals surface area contributed by atoms with E-state index in [1.165, 1.54) is 0 Å². The molecule has 0 saturated carbocycles. The van der Waals surface area contributed by atoms with Crippen LogP contribution >= 0.6 is 0 Å². The van der Waals surface area contributed by atoms with E-state index in [1.54, 1.807) is 4.90 Å². The molecule has 1 aliphatic heterocycles. The van der Waals surface area contributed by atoms with Gasteiger partial charge in [-0.05, 0) is 26.7 Å². The minimum atomic E-state index is -1.95. The molecule has 1 saturated heterocycles. The van der Waals surface area contributed by atoms with Gasteiger partial charge >= 0.3 is 12.0 Å². The topological polar surface area (TPSA) is 99.1 Å². The third-order valence-corrected chi connectivity index (χ3v) is 3.18. The van der Waals surface area contributed by atoms with Crippen molar-refractivity contribution < 1.29 is 24.5 Å². The standard InChI is InChI=1S/C12H22N2O5/c1-3-19-9-4-6-14(7-5-9)11(17)13-8-12(2,18)10(15)16/h9,18H,3-8H2,1-2H3,(H,13,17)(H,15,16). The summed E-state index contributed by atoms with van der Waals surface area (Å²) in [5.74, 6) is -1.36. The van der Waals surface area contributed by atoms with Crippen LogP contribution in [0.3, 0.4) is 0 Å². The van der Waals surface area contributed by atoms with Gasteiger partial charge in [0.2, 0.25) is 0 Å². The van der Waals surface area contributed by atoms with E-state index < -0.39 is 11.6 Å². The van der Waals surface area contributed by atoms with Crippen molar-refractivity contribution in [2.24, 2.45) is 0 Å². The fraction of sp³-hybridized carbons (Fsp3) is 0.833. The first-order chi connectivity index (χ1) is 8.86. The van der Waals surface area contributed by atoms with Crippen LogP contribution in [0.15, 0.2) is 0 Å². The summed E-state index contributed by atoms with van der Waals surface area (Å²) in [5.41, 5.74) is -1.95. The molecule has 19 heavy (non-hydrogen) atoms. The summed E-state index contributed by atoms with van der Waals surface area (Å²) in [6.45, 7) is 4.59. The number of carboxylic acids is 1. The maximum atomic E-state index is 11.8. The highest BCUT2D eigenvalue weighted by molar-refractivity contribution is 5.79. The summed E-state index contributed by atoms with van der Waals surface area (Å²) >= 11 is 0. The first-order valence-corrected chi connectivity index (χ1v) is 6.47. The van der Waals surface area contributed by atoms with Gasteiger partial charge in [0.15, 0.2) is 5.60 Å². The molecule has 7 heteroatoms. The number of aliphatic hydroxyl groups is 1. The van der Waals surface area contributed by atoms with Crippen LogP contribution in [0.25, 0.3) is 0 Å². The van der Waals surface area contributed by atoms with E-state index >= 15 is 0 Å². The van der Waals surface area contributed by atoms with Crippen molar-refractivity contribution in [2.45, 2.75) is 38.4 Å². The third-order valence-electron chi connectivity index (χ3n) is 3.18. The predicted molar refractivity (Wildman–Crippen MR) is 67.9 cm³/mol. The molecule has 7 nitrogen and oxygen atoms in total. The van der Waals surface area contributed by atoms with Gasteiger partial charge in [-0.25, -0.2) is 9.59 Å². The van der Waals surface area contributed by atoms with Gasteiger partial charge in [0, 0.05) is 19.7 Å². The van der Waals surface area contributed by atoms with Crippen molar-refractivity contribution in [2.75, 3.05) is 26.2 Å². The first-order valence-electron chi connectivity index (χ1n) is 6.47. The van der Waals surface area contributed by atoms with Crippen LogP contribution in [0, 0.1) is 0 Å². The Morgan fingerprint density at radius 1 is 1.42 bits per heavy atom. The van der Waals surface area contributed by atoms with Gasteiger partial charge in [-0.3, -0.25) is 0 Å². The Hall–Kier alpha value is -1.34. The second kappa shape index (κ2) is 6.72. The summed E-state index contributed by atoms with van der Waals surface area (Å²) in [5, 5.41) is 20.7. The van der Waals surface area contributed by atoms with Gasteiger partial charge in [0.25, 0.3) is 0 Å². The number of nitrogens with zero attached hydrogens (tertiary/aromatic N) is 1. The Balaban J connectivity index is 2.34. The Kier molecular flexibility index (Phi) is 5.56. The average molecular weight is 274 g/mol. The van der Waals surface area contributed by atoms with Crippen molar-refractivity contribution in [3.05, 3.63) is 0 Å². The lowest BCUT2D eigenvalue weighted by atomic mass is 10.1. The molecule has 1 fully saturated rings. The lowest BCUT2D eigenvalue weighted by molar-refractivity contribution is -0.155. The van der Waals surface area contributed by atoms with Gasteiger partial charge in [0.05, 0.1) is 12.6 Å². The van der Waals surface area contributed by atoms with Crippen LogP contribution in [-0.4, -0.2) is 65.1 Å². The number of ether oxygens (including phenoxy) is 1. The van der Waals surface area contributed by atoms with Crippen molar-refractivity contribution in [1.29, 1.82) is 0 Å². The zero-order chi connectivity index (χ0) is 14.5. The highest BCUT2D eigenvalue weighted by atomic mass is 16.5. The van der Waals surface area contributed by atoms with Crippen molar-refractivity contribution in [1.82, 2.24) is 10.2 Å². The molecule has 3 N–H and O–H groups in total. The smallest absolute Gasteiger partial charge is 0.337 e. The molecule has 1 heterocycles. The minimum absolute atomic E-state index is 0.191. The zero-order valence-electron chi connectivity index (χ0n) is 11.4. The highest BCUT2D eigenvalue weighted by Crippen LogP contribution is 2.13. The second-order valence-corrected chi connectivity index (χ2v) is 4.88. The minimum Gasteiger partial charge on any atom is -0.479 e. The summed E-state index contributed by atoms with van der Waals surface area (Å²) in [7, 11) is 0. The van der Waals surface area contributed by atoms with Gasteiger partial charge in [-0.2, -0.15) is 0 Å². The third kappa shape index (κ3) is 4.68. The molecule has 0 spiro atoms. The normalized spacial score (nSPS) is 19.8. The number of urea groups is 1. The number of likely N-dealkylation sites (tertiary alicyclic amines) is 1. The molecule has 1 unspecified atom stereocenters. The van der Waals surface area contributed by atoms with Gasteiger partial charge in [-0.1, -0.05) is 0 Å². The van der Waals surface area contributed by atoms with E-state index in [0.717, 1.165) is 19.8 Å². The molecular formula is C12H22N2O5. The van der Waals surface area contributed by atoms with Crippen LogP contribution in [0.1, 0.15) is 26.7 Å². The number of piperidine rings is 1. The predicted octanol–water partition coefficient (Wildman–Crippen LogP) is 0.0325. The first kappa shape index (κ1) is 15.7. The van der Waals surface area contributed by atoms with Crippen LogP contribution in [0.4, 0.5) is 4.79 Å². The lowest BCUT2D eigenvalue weighted by Crippen LogP contribution is -2.52. The molecule has 0 bridgehead atoms. The van der Waals surface area contributed by atoms with Gasteiger partial charge < -0.3 is 25.2 Å². The number of aliphatic carboxylic acids is 1. The summed E-state index contributed by atoms with van der Waals surface area (Å²) < 4.78 is 5.48. The fourth-order valence-corrected chi connectivity index (χ4v) is 1.90. The van der Waals surface area contributed by atoms with E-state index in [1.807, 2.05) is 6.92 Å². The van der Waals surface area contributed by atoms with Crippen LogP contribution in [0.5, 0.6) is 0 Å². The average Bonchev–Trinajstić information content (AvgIpc) is 2.37. The molecule has 1 aliphatic rings. The SMILES string of the molecule is CCOC1CCN(C(=O)NCC(C)(O)C(=O)O)CC1. The summed E-state index contributed by atoms with van der Waals surface area (Å²) in [6, 6.07) is -0.350. The lowest BCUT2D eigenvalue weighted by Gasteiger charge is -2.32. The van der Waals surface area contributed by atoms with Gasteiger partial charge in [-0.15, -0.1) is 0 Å². The Bertz CT molecular complexity index is 324. The molecule has 0 aromatic rings. The molecule has 0 radical (unpaired) electrons. The summed E-state index contributed by atoms with van der Waals surface area (Å²) in [4.78, 5) is 24.1. The van der Waals surface area contributed by atoms with Crippen LogP contribution < -0.4 is 5.32 Å². The molecule has 2 amide bonds. The monoisotopic (exact) mass is 274 g/mol. The van der Waals surface area contributed by atoms with Crippen molar-refractivity contribution in [3.63, 3.8) is 0 Å². The summed E-state index contributed by atoms with van der Waals surface area (Å²) in [6.07, 6.45) is 1.74. The van der Waals surface area contributed by atoms with Crippen LogP contribution in [0.2, 0.25) is 0 Å². The number of amides is 2. The number of rotatable bonds is 5. The molecule has 0 aromatic carbocycles. The Morgan fingerprint density at radius 3 is 2.47 bits per heavy atom. The quantitative estimate of drug-likeness (QED) is 0.657.